The Morgan fingerprint density at radius 2 is 1.64 bits per heavy atom. The number of hydrogen-bond donors (Lipinski definition) is 3. The topological polar surface area (TPSA) is 132 Å². The summed E-state index contributed by atoms with van der Waals surface area (Å²) in [4.78, 5) is 56.7. The maximum atomic E-state index is 12.6. The van der Waals surface area contributed by atoms with Gasteiger partial charge in [0.05, 0.1) is 28.1 Å². The van der Waals surface area contributed by atoms with Crippen LogP contribution in [0.4, 0.5) is 17.1 Å². The molecule has 1 aliphatic rings. The Balaban J connectivity index is 1.53. The van der Waals surface area contributed by atoms with Crippen molar-refractivity contribution in [1.29, 1.82) is 0 Å². The first-order valence-electron chi connectivity index (χ1n) is 11.1. The zero-order valence-electron chi connectivity index (χ0n) is 19.3. The molecule has 1 amide bonds. The number of aromatic nitrogens is 1. The van der Waals surface area contributed by atoms with Crippen LogP contribution >= 0.6 is 23.2 Å². The number of rotatable bonds is 8. The average Bonchev–Trinajstić information content (AvgIpc) is 2.84. The number of nitrogens with one attached hydrogen (secondary N) is 2. The number of anilines is 3. The Morgan fingerprint density at radius 3 is 2.22 bits per heavy atom. The molecule has 1 atom stereocenters. The van der Waals surface area contributed by atoms with E-state index in [1.54, 1.807) is 24.3 Å². The minimum Gasteiger partial charge on any atom is -0.481 e. The lowest BCUT2D eigenvalue weighted by molar-refractivity contribution is -0.137. The van der Waals surface area contributed by atoms with Crippen LogP contribution in [-0.4, -0.2) is 60.1 Å². The number of hydrogen-bond acceptors (Lipinski definition) is 8. The minimum absolute atomic E-state index is 0.0827. The van der Waals surface area contributed by atoms with Gasteiger partial charge in [-0.3, -0.25) is 24.2 Å². The molecule has 2 aromatic carbocycles. The average molecular weight is 532 g/mol. The summed E-state index contributed by atoms with van der Waals surface area (Å²) >= 11 is 12.1. The third-order valence-corrected chi connectivity index (χ3v) is 6.63. The Kier molecular flexibility index (Phi) is 7.58. The van der Waals surface area contributed by atoms with E-state index >= 15 is 0 Å². The van der Waals surface area contributed by atoms with Crippen LogP contribution in [0.3, 0.4) is 0 Å². The number of carboxylic acids is 1. The summed E-state index contributed by atoms with van der Waals surface area (Å²) in [5.41, 5.74) is 0.284. The minimum atomic E-state index is -1.08. The molecule has 2 heterocycles. The number of nitrogens with zero attached hydrogens (tertiary/aromatic N) is 3. The van der Waals surface area contributed by atoms with Crippen molar-refractivity contribution in [3.05, 3.63) is 78.3 Å². The van der Waals surface area contributed by atoms with E-state index in [0.29, 0.717) is 30.0 Å². The molecule has 0 unspecified atom stereocenters. The van der Waals surface area contributed by atoms with E-state index < -0.39 is 28.8 Å². The van der Waals surface area contributed by atoms with Crippen LogP contribution in [0.1, 0.15) is 28.4 Å². The fourth-order valence-corrected chi connectivity index (χ4v) is 4.60. The van der Waals surface area contributed by atoms with Gasteiger partial charge in [0.2, 0.25) is 0 Å². The predicted molar refractivity (Wildman–Crippen MR) is 138 cm³/mol. The number of carbonyl (C=O) groups is 2. The molecule has 0 radical (unpaired) electrons. The molecule has 0 bridgehead atoms. The summed E-state index contributed by atoms with van der Waals surface area (Å²) in [5, 5.41) is 15.3. The van der Waals surface area contributed by atoms with Gasteiger partial charge in [0.25, 0.3) is 16.8 Å². The van der Waals surface area contributed by atoms with Crippen molar-refractivity contribution in [1.82, 2.24) is 9.88 Å². The van der Waals surface area contributed by atoms with E-state index in [-0.39, 0.29) is 27.7 Å². The number of piperazine rings is 1. The van der Waals surface area contributed by atoms with Gasteiger partial charge in [0, 0.05) is 44.3 Å². The van der Waals surface area contributed by atoms with Crippen LogP contribution in [0.5, 0.6) is 0 Å². The molecule has 3 N–H and O–H groups in total. The number of halogens is 2. The lowest BCUT2D eigenvalue weighted by atomic mass is 10.0. The number of likely N-dealkylation sites (N-methyl/N-ethyl adjacent to an activating group) is 1. The molecule has 188 valence electrons. The molecular weight excluding hydrogens is 509 g/mol. The molecule has 10 nitrogen and oxygen atoms in total. The van der Waals surface area contributed by atoms with Gasteiger partial charge in [-0.2, -0.15) is 0 Å². The molecular formula is C24H23Cl2N5O5. The Labute approximate surface area is 216 Å². The van der Waals surface area contributed by atoms with E-state index in [0.717, 1.165) is 13.1 Å². The zero-order valence-corrected chi connectivity index (χ0v) is 20.8. The summed E-state index contributed by atoms with van der Waals surface area (Å²) in [6, 6.07) is 5.68. The standard InChI is InChI=1S/C24H23Cl2N5O5/c1-30-6-8-31(9-7-30)21-20(22(34)23(21)35)29-17(10-18(32)33)13-2-4-14(5-3-13)28-24(36)19-15(25)11-27-12-16(19)26/h2-5,11-12,17,29H,6-10H2,1H3,(H,28,36)(H,32,33)/t17-/m0/s1. The Bertz CT molecular complexity index is 1340. The van der Waals surface area contributed by atoms with Crippen molar-refractivity contribution in [2.45, 2.75) is 12.5 Å². The first-order valence-corrected chi connectivity index (χ1v) is 11.9. The Morgan fingerprint density at radius 1 is 1.03 bits per heavy atom. The second kappa shape index (κ2) is 10.7. The van der Waals surface area contributed by atoms with Gasteiger partial charge in [-0.1, -0.05) is 35.3 Å². The summed E-state index contributed by atoms with van der Waals surface area (Å²) in [6.07, 6.45) is 2.30. The van der Waals surface area contributed by atoms with Crippen molar-refractivity contribution in [3.63, 3.8) is 0 Å². The van der Waals surface area contributed by atoms with E-state index in [2.05, 4.69) is 20.5 Å². The fraction of sp³-hybridized carbons (Fsp3) is 0.292. The van der Waals surface area contributed by atoms with Gasteiger partial charge in [0.15, 0.2) is 0 Å². The summed E-state index contributed by atoms with van der Waals surface area (Å²) in [5.74, 6) is -1.60. The molecule has 1 saturated heterocycles. The second-order valence-electron chi connectivity index (χ2n) is 8.52. The SMILES string of the molecule is CN1CCN(c2c(N[C@@H](CC(=O)O)c3ccc(NC(=O)c4c(Cl)cncc4Cl)cc3)c(=O)c2=O)CC1. The molecule has 4 rings (SSSR count). The molecule has 0 spiro atoms. The van der Waals surface area contributed by atoms with Gasteiger partial charge >= 0.3 is 5.97 Å². The van der Waals surface area contributed by atoms with Crippen molar-refractivity contribution in [2.75, 3.05) is 48.8 Å². The van der Waals surface area contributed by atoms with Gasteiger partial charge in [-0.05, 0) is 24.7 Å². The first-order chi connectivity index (χ1) is 17.2. The van der Waals surface area contributed by atoms with E-state index in [4.69, 9.17) is 23.2 Å². The van der Waals surface area contributed by atoms with Gasteiger partial charge in [-0.15, -0.1) is 0 Å². The van der Waals surface area contributed by atoms with E-state index in [1.165, 1.54) is 12.4 Å². The summed E-state index contributed by atoms with van der Waals surface area (Å²) in [7, 11) is 1.98. The molecule has 0 saturated carbocycles. The van der Waals surface area contributed by atoms with Gasteiger partial charge in [0.1, 0.15) is 11.4 Å². The number of aliphatic carboxylic acids is 1. The third-order valence-electron chi connectivity index (χ3n) is 6.05. The number of amides is 1. The van der Waals surface area contributed by atoms with Crippen LogP contribution in [-0.2, 0) is 4.79 Å². The number of pyridine rings is 1. The molecule has 3 aromatic rings. The highest BCUT2D eigenvalue weighted by molar-refractivity contribution is 6.40. The molecule has 1 aliphatic heterocycles. The zero-order chi connectivity index (χ0) is 26.0. The number of carboxylic acid groups (broad SMARTS) is 1. The molecule has 36 heavy (non-hydrogen) atoms. The highest BCUT2D eigenvalue weighted by Gasteiger charge is 2.30. The summed E-state index contributed by atoms with van der Waals surface area (Å²) < 4.78 is 0. The van der Waals surface area contributed by atoms with Crippen LogP contribution in [0, 0.1) is 0 Å². The van der Waals surface area contributed by atoms with Gasteiger partial charge in [-0.25, -0.2) is 0 Å². The maximum absolute atomic E-state index is 12.6. The van der Waals surface area contributed by atoms with Gasteiger partial charge < -0.3 is 25.5 Å². The van der Waals surface area contributed by atoms with Crippen molar-refractivity contribution >= 4 is 52.1 Å². The lowest BCUT2D eigenvalue weighted by Crippen LogP contribution is -2.50. The normalized spacial score (nSPS) is 15.0. The van der Waals surface area contributed by atoms with Crippen LogP contribution in [0.15, 0.2) is 46.2 Å². The monoisotopic (exact) mass is 531 g/mol. The van der Waals surface area contributed by atoms with Crippen LogP contribution in [0.25, 0.3) is 0 Å². The highest BCUT2D eigenvalue weighted by atomic mass is 35.5. The fourth-order valence-electron chi connectivity index (χ4n) is 4.07. The van der Waals surface area contributed by atoms with Crippen molar-refractivity contribution in [3.8, 4) is 0 Å². The second-order valence-corrected chi connectivity index (χ2v) is 9.34. The molecule has 1 aromatic heterocycles. The lowest BCUT2D eigenvalue weighted by Gasteiger charge is -2.35. The van der Waals surface area contributed by atoms with E-state index in [9.17, 15) is 24.3 Å². The first kappa shape index (κ1) is 25.6. The molecule has 12 heteroatoms. The number of benzene rings is 1. The van der Waals surface area contributed by atoms with Crippen molar-refractivity contribution in [2.24, 2.45) is 0 Å². The third kappa shape index (κ3) is 5.35. The Hall–Kier alpha value is -3.47. The smallest absolute Gasteiger partial charge is 0.305 e. The maximum Gasteiger partial charge on any atom is 0.305 e. The molecule has 1 fully saturated rings. The van der Waals surface area contributed by atoms with Crippen LogP contribution in [0.2, 0.25) is 10.0 Å². The van der Waals surface area contributed by atoms with Crippen molar-refractivity contribution < 1.29 is 14.7 Å². The van der Waals surface area contributed by atoms with E-state index in [1.807, 2.05) is 11.9 Å². The predicted octanol–water partition coefficient (Wildman–Crippen LogP) is 2.62. The quantitative estimate of drug-likeness (QED) is 0.375. The van der Waals surface area contributed by atoms with Crippen LogP contribution < -0.4 is 26.4 Å². The molecule has 0 aliphatic carbocycles. The highest BCUT2D eigenvalue weighted by Crippen LogP contribution is 2.29. The summed E-state index contributed by atoms with van der Waals surface area (Å²) in [6.45, 7) is 2.69. The number of carbonyl (C=O) groups excluding carboxylic acids is 1. The largest absolute Gasteiger partial charge is 0.481 e.